The molecule has 0 fully saturated rings. The summed E-state index contributed by atoms with van der Waals surface area (Å²) in [6.07, 6.45) is 4.99. The minimum Gasteiger partial charge on any atom is -0.222 e. The average molecular weight is 223 g/mol. The van der Waals surface area contributed by atoms with Crippen LogP contribution in [-0.4, -0.2) is 6.08 Å². The van der Waals surface area contributed by atoms with Crippen molar-refractivity contribution in [3.8, 4) is 0 Å². The molecule has 0 amide bonds. The van der Waals surface area contributed by atoms with E-state index in [1.54, 1.807) is 0 Å². The van der Waals surface area contributed by atoms with Crippen LogP contribution in [-0.2, 0) is 4.79 Å². The van der Waals surface area contributed by atoms with Crippen molar-refractivity contribution in [2.24, 2.45) is 0 Å². The Kier molecular flexibility index (Phi) is 5.79. The van der Waals surface area contributed by atoms with Crippen molar-refractivity contribution in [2.75, 3.05) is 0 Å². The number of benzene rings is 2. The van der Waals surface area contributed by atoms with E-state index in [1.165, 1.54) is 11.1 Å². The monoisotopic (exact) mass is 223 g/mol. The number of hydrogen-bond acceptors (Lipinski definition) is 2. The molecule has 1 N–H and O–H groups in total. The van der Waals surface area contributed by atoms with Gasteiger partial charge in [0.05, 0.1) is 0 Å². The lowest BCUT2D eigenvalue weighted by Gasteiger charge is -1.92. The van der Waals surface area contributed by atoms with Gasteiger partial charge < -0.3 is 0 Å². The molecular weight excluding hydrogens is 210 g/mol. The molecule has 2 aromatic carbocycles. The summed E-state index contributed by atoms with van der Waals surface area (Å²) >= 11 is 0. The van der Waals surface area contributed by atoms with Gasteiger partial charge in [0, 0.05) is 0 Å². The zero-order chi connectivity index (χ0) is 12.3. The van der Waals surface area contributed by atoms with Gasteiger partial charge in [-0.05, 0) is 11.1 Å². The first-order chi connectivity index (χ1) is 8.36. The van der Waals surface area contributed by atoms with Crippen LogP contribution < -0.4 is 0 Å². The second kappa shape index (κ2) is 7.80. The maximum atomic E-state index is 8.35. The Morgan fingerprint density at radius 2 is 1.06 bits per heavy atom. The summed E-state index contributed by atoms with van der Waals surface area (Å²) in [5, 5.41) is 5.40. The Labute approximate surface area is 101 Å². The van der Waals surface area contributed by atoms with Crippen LogP contribution in [0.3, 0.4) is 0 Å². The van der Waals surface area contributed by atoms with Crippen molar-refractivity contribution < 1.29 is 4.79 Å². The third-order valence-electron chi connectivity index (χ3n) is 2.07. The van der Waals surface area contributed by atoms with E-state index >= 15 is 0 Å². The van der Waals surface area contributed by atoms with Crippen molar-refractivity contribution in [3.05, 3.63) is 71.8 Å². The number of nitrogens with one attached hydrogen (secondary N) is 1. The Balaban J connectivity index is 0.000000437. The fourth-order valence-corrected chi connectivity index (χ4v) is 1.32. The van der Waals surface area contributed by atoms with Gasteiger partial charge in [-0.15, -0.1) is 0 Å². The summed E-state index contributed by atoms with van der Waals surface area (Å²) in [5.74, 6) is 0. The Bertz CT molecular complexity index is 441. The molecule has 84 valence electrons. The van der Waals surface area contributed by atoms with E-state index in [1.807, 2.05) is 36.4 Å². The summed E-state index contributed by atoms with van der Waals surface area (Å²) in [6.45, 7) is 0. The highest BCUT2D eigenvalue weighted by Gasteiger charge is 1.84. The standard InChI is InChI=1S/C14H12.CHNO/c1-3-7-13(8-4-1)11-12-14-9-5-2-6-10-14;2-1-3/h1-12H;2H. The van der Waals surface area contributed by atoms with E-state index < -0.39 is 0 Å². The molecule has 0 unspecified atom stereocenters. The molecule has 17 heavy (non-hydrogen) atoms. The zero-order valence-corrected chi connectivity index (χ0v) is 9.34. The first-order valence-corrected chi connectivity index (χ1v) is 5.19. The molecule has 0 saturated heterocycles. The Morgan fingerprint density at radius 3 is 1.35 bits per heavy atom. The zero-order valence-electron chi connectivity index (χ0n) is 9.34. The van der Waals surface area contributed by atoms with Crippen LogP contribution >= 0.6 is 0 Å². The maximum absolute atomic E-state index is 8.35. The molecule has 0 aliphatic carbocycles. The molecule has 2 heteroatoms. The van der Waals surface area contributed by atoms with Gasteiger partial charge in [-0.1, -0.05) is 72.8 Å². The predicted octanol–water partition coefficient (Wildman–Crippen LogP) is 3.76. The minimum atomic E-state index is 0.750. The molecule has 0 atom stereocenters. The second-order valence-electron chi connectivity index (χ2n) is 3.26. The highest BCUT2D eigenvalue weighted by atomic mass is 16.1. The highest BCUT2D eigenvalue weighted by molar-refractivity contribution is 5.69. The van der Waals surface area contributed by atoms with E-state index in [0.717, 1.165) is 6.08 Å². The lowest BCUT2D eigenvalue weighted by atomic mass is 10.1. The quantitative estimate of drug-likeness (QED) is 0.470. The van der Waals surface area contributed by atoms with Crippen LogP contribution in [0.1, 0.15) is 11.1 Å². The van der Waals surface area contributed by atoms with Gasteiger partial charge in [0.2, 0.25) is 6.08 Å². The minimum absolute atomic E-state index is 0.750. The molecule has 0 heterocycles. The summed E-state index contributed by atoms with van der Waals surface area (Å²) in [7, 11) is 0. The molecule has 0 radical (unpaired) electrons. The lowest BCUT2D eigenvalue weighted by molar-refractivity contribution is 0.563. The van der Waals surface area contributed by atoms with Crippen LogP contribution in [0.5, 0.6) is 0 Å². The normalized spacial score (nSPS) is 9.18. The van der Waals surface area contributed by atoms with Crippen molar-refractivity contribution in [2.45, 2.75) is 0 Å². The summed E-state index contributed by atoms with van der Waals surface area (Å²) in [5.41, 5.74) is 2.47. The van der Waals surface area contributed by atoms with Crippen molar-refractivity contribution in [3.63, 3.8) is 0 Å². The number of hydrogen-bond donors (Lipinski definition) is 1. The highest BCUT2D eigenvalue weighted by Crippen LogP contribution is 2.06. The molecule has 2 rings (SSSR count). The van der Waals surface area contributed by atoms with E-state index in [4.69, 9.17) is 10.2 Å². The van der Waals surface area contributed by atoms with E-state index in [9.17, 15) is 0 Å². The molecular formula is C15H13NO. The number of isocyanates is 1. The van der Waals surface area contributed by atoms with Crippen LogP contribution in [0.2, 0.25) is 0 Å². The molecule has 0 aromatic heterocycles. The molecule has 0 spiro atoms. The fourth-order valence-electron chi connectivity index (χ4n) is 1.32. The molecule has 0 aliphatic rings. The van der Waals surface area contributed by atoms with Crippen LogP contribution in [0, 0.1) is 5.41 Å². The summed E-state index contributed by atoms with van der Waals surface area (Å²) < 4.78 is 0. The van der Waals surface area contributed by atoms with Crippen LogP contribution in [0.15, 0.2) is 60.7 Å². The SMILES string of the molecule is C(=Cc1ccccc1)c1ccccc1.N=C=O. The molecule has 2 nitrogen and oxygen atoms in total. The van der Waals surface area contributed by atoms with Gasteiger partial charge in [0.25, 0.3) is 0 Å². The largest absolute Gasteiger partial charge is 0.231 e. The van der Waals surface area contributed by atoms with Crippen LogP contribution in [0.4, 0.5) is 0 Å². The second-order valence-corrected chi connectivity index (χ2v) is 3.26. The fraction of sp³-hybridized carbons (Fsp3) is 0. The average Bonchev–Trinajstić information content (AvgIpc) is 2.40. The topological polar surface area (TPSA) is 40.9 Å². The van der Waals surface area contributed by atoms with Crippen LogP contribution in [0.25, 0.3) is 12.2 Å². The molecule has 0 aliphatic heterocycles. The van der Waals surface area contributed by atoms with Crippen molar-refractivity contribution in [1.82, 2.24) is 0 Å². The maximum Gasteiger partial charge on any atom is 0.231 e. The van der Waals surface area contributed by atoms with Gasteiger partial charge in [-0.2, -0.15) is 0 Å². The molecule has 0 bridgehead atoms. The number of carbonyl (C=O) groups excluding carboxylic acids is 1. The lowest BCUT2D eigenvalue weighted by Crippen LogP contribution is -1.70. The van der Waals surface area contributed by atoms with Gasteiger partial charge >= 0.3 is 0 Å². The third-order valence-corrected chi connectivity index (χ3v) is 2.07. The van der Waals surface area contributed by atoms with E-state index in [-0.39, 0.29) is 0 Å². The first-order valence-electron chi connectivity index (χ1n) is 5.19. The van der Waals surface area contributed by atoms with Gasteiger partial charge in [-0.3, -0.25) is 0 Å². The number of rotatable bonds is 2. The van der Waals surface area contributed by atoms with E-state index in [2.05, 4.69) is 36.4 Å². The molecule has 0 saturated carbocycles. The Morgan fingerprint density at radius 1 is 0.765 bits per heavy atom. The predicted molar refractivity (Wildman–Crippen MR) is 70.2 cm³/mol. The van der Waals surface area contributed by atoms with Gasteiger partial charge in [-0.25, -0.2) is 10.2 Å². The first kappa shape index (κ1) is 12.6. The summed E-state index contributed by atoms with van der Waals surface area (Å²) in [6, 6.07) is 20.6. The van der Waals surface area contributed by atoms with Crippen molar-refractivity contribution in [1.29, 1.82) is 5.41 Å². The van der Waals surface area contributed by atoms with Gasteiger partial charge in [0.1, 0.15) is 0 Å². The molecule has 2 aromatic rings. The summed E-state index contributed by atoms with van der Waals surface area (Å²) in [4.78, 5) is 8.35. The third kappa shape index (κ3) is 5.26. The smallest absolute Gasteiger partial charge is 0.222 e. The van der Waals surface area contributed by atoms with Crippen molar-refractivity contribution >= 4 is 18.2 Å². The van der Waals surface area contributed by atoms with Gasteiger partial charge in [0.15, 0.2) is 0 Å². The Hall–Kier alpha value is -2.44. The van der Waals surface area contributed by atoms with E-state index in [0.29, 0.717) is 0 Å².